The van der Waals surface area contributed by atoms with Gasteiger partial charge in [0.2, 0.25) is 0 Å². The fourth-order valence-electron chi connectivity index (χ4n) is 1.94. The Hall–Kier alpha value is -2.38. The number of aromatic nitrogens is 1. The second-order valence-electron chi connectivity index (χ2n) is 4.96. The minimum atomic E-state index is -3.56. The number of anilines is 3. The van der Waals surface area contributed by atoms with E-state index in [9.17, 15) is 8.42 Å². The molecule has 2 heterocycles. The molecule has 7 heteroatoms. The van der Waals surface area contributed by atoms with Crippen molar-refractivity contribution in [3.8, 4) is 0 Å². The van der Waals surface area contributed by atoms with Gasteiger partial charge in [-0.15, -0.1) is 11.3 Å². The highest BCUT2D eigenvalue weighted by atomic mass is 32.2. The van der Waals surface area contributed by atoms with Gasteiger partial charge in [-0.1, -0.05) is 23.8 Å². The van der Waals surface area contributed by atoms with Crippen molar-refractivity contribution in [2.45, 2.75) is 11.1 Å². The average molecular weight is 345 g/mol. The topological polar surface area (TPSA) is 71.1 Å². The number of rotatable bonds is 5. The first-order chi connectivity index (χ1) is 11.0. The lowest BCUT2D eigenvalue weighted by molar-refractivity contribution is 0.603. The molecule has 118 valence electrons. The molecule has 0 aliphatic rings. The first kappa shape index (κ1) is 15.5. The Morgan fingerprint density at radius 3 is 2.35 bits per heavy atom. The van der Waals surface area contributed by atoms with Gasteiger partial charge in [-0.05, 0) is 42.6 Å². The van der Waals surface area contributed by atoms with Crippen molar-refractivity contribution < 1.29 is 8.42 Å². The summed E-state index contributed by atoms with van der Waals surface area (Å²) in [5, 5.41) is 4.93. The molecule has 0 radical (unpaired) electrons. The first-order valence-electron chi connectivity index (χ1n) is 6.89. The number of thiophene rings is 1. The van der Waals surface area contributed by atoms with Gasteiger partial charge < -0.3 is 5.32 Å². The Morgan fingerprint density at radius 2 is 1.74 bits per heavy atom. The van der Waals surface area contributed by atoms with E-state index < -0.39 is 10.0 Å². The maximum Gasteiger partial charge on any atom is 0.272 e. The van der Waals surface area contributed by atoms with Crippen LogP contribution in [-0.2, 0) is 10.0 Å². The molecule has 5 nitrogen and oxygen atoms in total. The van der Waals surface area contributed by atoms with E-state index in [0.717, 1.165) is 22.7 Å². The van der Waals surface area contributed by atoms with E-state index >= 15 is 0 Å². The lowest BCUT2D eigenvalue weighted by Crippen LogP contribution is -2.12. The van der Waals surface area contributed by atoms with Gasteiger partial charge in [0.25, 0.3) is 10.0 Å². The van der Waals surface area contributed by atoms with Gasteiger partial charge in [-0.3, -0.25) is 4.72 Å². The van der Waals surface area contributed by atoms with Crippen molar-refractivity contribution in [2.75, 3.05) is 10.0 Å². The summed E-state index contributed by atoms with van der Waals surface area (Å²) in [5.74, 6) is 0.285. The first-order valence-corrected chi connectivity index (χ1v) is 9.25. The van der Waals surface area contributed by atoms with E-state index in [-0.39, 0.29) is 10.0 Å². The van der Waals surface area contributed by atoms with E-state index in [1.807, 2.05) is 31.2 Å². The number of sulfonamides is 1. The molecule has 0 aliphatic carbocycles. The molecule has 23 heavy (non-hydrogen) atoms. The van der Waals surface area contributed by atoms with Crippen molar-refractivity contribution in [2.24, 2.45) is 0 Å². The Balaban J connectivity index is 1.71. The second kappa shape index (κ2) is 6.39. The van der Waals surface area contributed by atoms with E-state index in [0.29, 0.717) is 0 Å². The zero-order valence-electron chi connectivity index (χ0n) is 12.4. The largest absolute Gasteiger partial charge is 0.354 e. The maximum atomic E-state index is 12.1. The summed E-state index contributed by atoms with van der Waals surface area (Å²) in [5.41, 5.74) is 2.92. The van der Waals surface area contributed by atoms with Gasteiger partial charge in [0.15, 0.2) is 0 Å². The number of benzene rings is 1. The van der Waals surface area contributed by atoms with Gasteiger partial charge in [-0.25, -0.2) is 13.4 Å². The van der Waals surface area contributed by atoms with Gasteiger partial charge in [0, 0.05) is 5.69 Å². The third-order valence-electron chi connectivity index (χ3n) is 3.10. The molecule has 0 unspecified atom stereocenters. The van der Waals surface area contributed by atoms with Gasteiger partial charge >= 0.3 is 0 Å². The normalized spacial score (nSPS) is 11.2. The van der Waals surface area contributed by atoms with Crippen LogP contribution >= 0.6 is 11.3 Å². The fraction of sp³-hybridized carbons (Fsp3) is 0.0625. The van der Waals surface area contributed by atoms with Crippen LogP contribution in [0.25, 0.3) is 0 Å². The Labute approximate surface area is 139 Å². The highest BCUT2D eigenvalue weighted by molar-refractivity contribution is 7.94. The maximum absolute atomic E-state index is 12.1. The minimum absolute atomic E-state index is 0.265. The zero-order valence-corrected chi connectivity index (χ0v) is 14.0. The lowest BCUT2D eigenvalue weighted by atomic mass is 10.2. The number of nitrogens with one attached hydrogen (secondary N) is 2. The SMILES string of the molecule is Cc1ccc(Nc2ccc(NS(=O)(=O)c3cccs3)nc2)cc1. The number of hydrogen-bond donors (Lipinski definition) is 2. The molecule has 2 N–H and O–H groups in total. The van der Waals surface area contributed by atoms with Crippen LogP contribution in [0.5, 0.6) is 0 Å². The van der Waals surface area contributed by atoms with Crippen LogP contribution in [0.3, 0.4) is 0 Å². The molecule has 0 aliphatic heterocycles. The summed E-state index contributed by atoms with van der Waals surface area (Å²) in [6, 6.07) is 14.6. The third-order valence-corrected chi connectivity index (χ3v) is 5.85. The van der Waals surface area contributed by atoms with Crippen LogP contribution in [0, 0.1) is 6.92 Å². The quantitative estimate of drug-likeness (QED) is 0.733. The summed E-state index contributed by atoms with van der Waals surface area (Å²) < 4.78 is 27.0. The van der Waals surface area contributed by atoms with Crippen LogP contribution in [0.4, 0.5) is 17.2 Å². The molecule has 0 saturated carbocycles. The van der Waals surface area contributed by atoms with Crippen molar-refractivity contribution in [3.63, 3.8) is 0 Å². The van der Waals surface area contributed by atoms with E-state index in [2.05, 4.69) is 15.0 Å². The van der Waals surface area contributed by atoms with Crippen molar-refractivity contribution >= 4 is 38.6 Å². The van der Waals surface area contributed by atoms with E-state index in [1.54, 1.807) is 35.8 Å². The summed E-state index contributed by atoms with van der Waals surface area (Å²) in [6.45, 7) is 2.03. The van der Waals surface area contributed by atoms with Crippen molar-refractivity contribution in [1.82, 2.24) is 4.98 Å². The predicted molar refractivity (Wildman–Crippen MR) is 93.8 cm³/mol. The molecule has 0 atom stereocenters. The van der Waals surface area contributed by atoms with E-state index in [4.69, 9.17) is 0 Å². The van der Waals surface area contributed by atoms with Crippen molar-refractivity contribution in [3.05, 3.63) is 65.7 Å². The summed E-state index contributed by atoms with van der Waals surface area (Å²) in [4.78, 5) is 4.14. The number of nitrogens with zero attached hydrogens (tertiary/aromatic N) is 1. The molecule has 2 aromatic heterocycles. The number of hydrogen-bond acceptors (Lipinski definition) is 5. The molecular formula is C16H15N3O2S2. The fourth-order valence-corrected chi connectivity index (χ4v) is 3.94. The Kier molecular flexibility index (Phi) is 4.31. The predicted octanol–water partition coefficient (Wildman–Crippen LogP) is 4.00. The molecule has 3 rings (SSSR count). The molecule has 3 aromatic rings. The Bertz CT molecular complexity index is 872. The lowest BCUT2D eigenvalue weighted by Gasteiger charge is -2.08. The molecule has 0 amide bonds. The minimum Gasteiger partial charge on any atom is -0.354 e. The third kappa shape index (κ3) is 3.88. The average Bonchev–Trinajstić information content (AvgIpc) is 3.07. The van der Waals surface area contributed by atoms with Gasteiger partial charge in [-0.2, -0.15) is 0 Å². The number of aryl methyl sites for hydroxylation is 1. The standard InChI is InChI=1S/C16H15N3O2S2/c1-12-4-6-13(7-5-12)18-14-8-9-15(17-11-14)19-23(20,21)16-3-2-10-22-16/h2-11,18H,1H3,(H,17,19). The molecular weight excluding hydrogens is 330 g/mol. The van der Waals surface area contributed by atoms with Crippen LogP contribution in [-0.4, -0.2) is 13.4 Å². The number of pyridine rings is 1. The smallest absolute Gasteiger partial charge is 0.272 e. The van der Waals surface area contributed by atoms with Crippen LogP contribution in [0.2, 0.25) is 0 Å². The molecule has 0 spiro atoms. The van der Waals surface area contributed by atoms with Crippen LogP contribution in [0.1, 0.15) is 5.56 Å². The highest BCUT2D eigenvalue weighted by Gasteiger charge is 2.15. The van der Waals surface area contributed by atoms with Gasteiger partial charge in [0.1, 0.15) is 10.0 Å². The van der Waals surface area contributed by atoms with Gasteiger partial charge in [0.05, 0.1) is 11.9 Å². The molecule has 1 aromatic carbocycles. The van der Waals surface area contributed by atoms with Crippen LogP contribution < -0.4 is 10.0 Å². The van der Waals surface area contributed by atoms with E-state index in [1.165, 1.54) is 5.56 Å². The molecule has 0 bridgehead atoms. The monoisotopic (exact) mass is 345 g/mol. The zero-order chi connectivity index (χ0) is 16.3. The van der Waals surface area contributed by atoms with Crippen molar-refractivity contribution in [1.29, 1.82) is 0 Å². The second-order valence-corrected chi connectivity index (χ2v) is 7.82. The summed E-state index contributed by atoms with van der Waals surface area (Å²) >= 11 is 1.16. The molecule has 0 saturated heterocycles. The molecule has 0 fully saturated rings. The summed E-state index contributed by atoms with van der Waals surface area (Å²) in [6.07, 6.45) is 1.59. The highest BCUT2D eigenvalue weighted by Crippen LogP contribution is 2.21. The van der Waals surface area contributed by atoms with Crippen LogP contribution in [0.15, 0.2) is 64.3 Å². The Morgan fingerprint density at radius 1 is 1.00 bits per heavy atom. The summed E-state index contributed by atoms with van der Waals surface area (Å²) in [7, 11) is -3.56.